The molecule has 3 aliphatic rings. The van der Waals surface area contributed by atoms with Crippen molar-refractivity contribution in [1.29, 1.82) is 0 Å². The number of carbonyl (C=O) groups excluding carboxylic acids is 2. The van der Waals surface area contributed by atoms with Crippen LogP contribution in [0.2, 0.25) is 0 Å². The lowest BCUT2D eigenvalue weighted by atomic mass is 10.0. The SMILES string of the molecule is CC1CCCCN1Cc1cnc(NC(=O)C2CC(=O)N(c3ccc(N4CCCC4)cc3)C2)s1. The lowest BCUT2D eigenvalue weighted by Gasteiger charge is -2.32. The van der Waals surface area contributed by atoms with E-state index in [2.05, 4.69) is 39.2 Å². The molecule has 3 saturated heterocycles. The fraction of sp³-hybridized carbons (Fsp3) is 0.560. The number of hydrogen-bond donors (Lipinski definition) is 1. The number of hydrogen-bond acceptors (Lipinski definition) is 6. The summed E-state index contributed by atoms with van der Waals surface area (Å²) in [6.07, 6.45) is 8.39. The third-order valence-corrected chi connectivity index (χ3v) is 8.11. The smallest absolute Gasteiger partial charge is 0.231 e. The van der Waals surface area contributed by atoms with Gasteiger partial charge in [-0.05, 0) is 63.4 Å². The van der Waals surface area contributed by atoms with Gasteiger partial charge in [-0.2, -0.15) is 0 Å². The zero-order valence-corrected chi connectivity index (χ0v) is 20.1. The highest BCUT2D eigenvalue weighted by Gasteiger charge is 2.35. The Hall–Kier alpha value is -2.45. The van der Waals surface area contributed by atoms with E-state index in [4.69, 9.17) is 0 Å². The van der Waals surface area contributed by atoms with Gasteiger partial charge in [-0.1, -0.05) is 6.42 Å². The maximum atomic E-state index is 12.9. The zero-order valence-electron chi connectivity index (χ0n) is 19.3. The van der Waals surface area contributed by atoms with Crippen LogP contribution in [0, 0.1) is 5.92 Å². The largest absolute Gasteiger partial charge is 0.372 e. The van der Waals surface area contributed by atoms with Gasteiger partial charge in [0.15, 0.2) is 5.13 Å². The molecule has 0 bridgehead atoms. The Bertz CT molecular complexity index is 985. The Morgan fingerprint density at radius 2 is 1.82 bits per heavy atom. The van der Waals surface area contributed by atoms with Gasteiger partial charge in [0, 0.05) is 61.1 Å². The molecule has 1 aromatic heterocycles. The highest BCUT2D eigenvalue weighted by molar-refractivity contribution is 7.15. The molecule has 2 unspecified atom stereocenters. The number of rotatable bonds is 6. The average Bonchev–Trinajstić information content (AvgIpc) is 3.57. The summed E-state index contributed by atoms with van der Waals surface area (Å²) in [5.41, 5.74) is 2.07. The van der Waals surface area contributed by atoms with Crippen LogP contribution in [-0.4, -0.2) is 53.9 Å². The number of piperidine rings is 1. The highest BCUT2D eigenvalue weighted by Crippen LogP contribution is 2.30. The van der Waals surface area contributed by atoms with Crippen molar-refractivity contribution < 1.29 is 9.59 Å². The minimum absolute atomic E-state index is 0.00277. The molecule has 176 valence electrons. The Morgan fingerprint density at radius 3 is 2.58 bits per heavy atom. The molecular formula is C25H33N5O2S. The minimum Gasteiger partial charge on any atom is -0.372 e. The molecule has 0 spiro atoms. The van der Waals surface area contributed by atoms with E-state index >= 15 is 0 Å². The zero-order chi connectivity index (χ0) is 22.8. The molecule has 4 heterocycles. The van der Waals surface area contributed by atoms with Crippen LogP contribution in [0.25, 0.3) is 0 Å². The third kappa shape index (κ3) is 5.06. The van der Waals surface area contributed by atoms with E-state index in [1.54, 1.807) is 4.90 Å². The Balaban J connectivity index is 1.16. The predicted molar refractivity (Wildman–Crippen MR) is 133 cm³/mol. The fourth-order valence-electron chi connectivity index (χ4n) is 5.19. The van der Waals surface area contributed by atoms with Crippen LogP contribution in [0.5, 0.6) is 0 Å². The van der Waals surface area contributed by atoms with E-state index in [-0.39, 0.29) is 24.2 Å². The number of nitrogens with one attached hydrogen (secondary N) is 1. The van der Waals surface area contributed by atoms with Crippen LogP contribution in [0.15, 0.2) is 30.5 Å². The predicted octanol–water partition coefficient (Wildman–Crippen LogP) is 4.11. The number of amides is 2. The van der Waals surface area contributed by atoms with Gasteiger partial charge in [-0.25, -0.2) is 4.98 Å². The summed E-state index contributed by atoms with van der Waals surface area (Å²) >= 11 is 1.54. The van der Waals surface area contributed by atoms with Crippen molar-refractivity contribution in [2.24, 2.45) is 5.92 Å². The molecule has 0 radical (unpaired) electrons. The summed E-state index contributed by atoms with van der Waals surface area (Å²) in [5.74, 6) is -0.472. The van der Waals surface area contributed by atoms with E-state index in [1.165, 1.54) is 54.0 Å². The van der Waals surface area contributed by atoms with Crippen LogP contribution in [-0.2, 0) is 16.1 Å². The van der Waals surface area contributed by atoms with Gasteiger partial charge < -0.3 is 15.1 Å². The maximum absolute atomic E-state index is 12.9. The van der Waals surface area contributed by atoms with E-state index in [1.807, 2.05) is 18.3 Å². The molecule has 5 rings (SSSR count). The molecule has 3 aliphatic heterocycles. The lowest BCUT2D eigenvalue weighted by Crippen LogP contribution is -2.36. The van der Waals surface area contributed by atoms with Crippen molar-refractivity contribution in [3.05, 3.63) is 35.3 Å². The average molecular weight is 468 g/mol. The fourth-order valence-corrected chi connectivity index (χ4v) is 6.03. The first-order valence-electron chi connectivity index (χ1n) is 12.2. The highest BCUT2D eigenvalue weighted by atomic mass is 32.1. The first kappa shape index (κ1) is 22.3. The molecule has 8 heteroatoms. The number of anilines is 3. The number of likely N-dealkylation sites (tertiary alicyclic amines) is 1. The van der Waals surface area contributed by atoms with Crippen LogP contribution in [0.1, 0.15) is 50.3 Å². The number of carbonyl (C=O) groups is 2. The second-order valence-electron chi connectivity index (χ2n) is 9.55. The number of nitrogens with zero attached hydrogens (tertiary/aromatic N) is 4. The molecule has 0 saturated carbocycles. The van der Waals surface area contributed by atoms with Crippen LogP contribution in [0.3, 0.4) is 0 Å². The van der Waals surface area contributed by atoms with E-state index in [0.717, 1.165) is 31.9 Å². The Morgan fingerprint density at radius 1 is 1.09 bits per heavy atom. The summed E-state index contributed by atoms with van der Waals surface area (Å²) in [5, 5.41) is 3.58. The molecular weight excluding hydrogens is 434 g/mol. The van der Waals surface area contributed by atoms with Crippen LogP contribution >= 0.6 is 11.3 Å². The Kier molecular flexibility index (Phi) is 6.64. The molecule has 7 nitrogen and oxygen atoms in total. The van der Waals surface area contributed by atoms with Crippen molar-refractivity contribution in [3.8, 4) is 0 Å². The van der Waals surface area contributed by atoms with Crippen molar-refractivity contribution in [2.45, 2.75) is 58.0 Å². The molecule has 3 fully saturated rings. The van der Waals surface area contributed by atoms with Crippen molar-refractivity contribution >= 4 is 39.7 Å². The van der Waals surface area contributed by atoms with Crippen molar-refractivity contribution in [1.82, 2.24) is 9.88 Å². The molecule has 1 aromatic carbocycles. The quantitative estimate of drug-likeness (QED) is 0.693. The lowest BCUT2D eigenvalue weighted by molar-refractivity contribution is -0.122. The summed E-state index contributed by atoms with van der Waals surface area (Å²) in [6.45, 7) is 6.90. The van der Waals surface area contributed by atoms with Gasteiger partial charge in [0.2, 0.25) is 11.8 Å². The van der Waals surface area contributed by atoms with Gasteiger partial charge in [0.05, 0.1) is 5.92 Å². The van der Waals surface area contributed by atoms with Crippen molar-refractivity contribution in [2.75, 3.05) is 41.3 Å². The molecule has 2 aromatic rings. The van der Waals surface area contributed by atoms with E-state index < -0.39 is 0 Å². The van der Waals surface area contributed by atoms with Crippen molar-refractivity contribution in [3.63, 3.8) is 0 Å². The van der Waals surface area contributed by atoms with Gasteiger partial charge in [0.1, 0.15) is 0 Å². The summed E-state index contributed by atoms with van der Waals surface area (Å²) in [4.78, 5) is 37.7. The Labute approximate surface area is 199 Å². The molecule has 0 aliphatic carbocycles. The molecule has 2 atom stereocenters. The summed E-state index contributed by atoms with van der Waals surface area (Å²) in [7, 11) is 0. The minimum atomic E-state index is -0.356. The normalized spacial score (nSPS) is 24.0. The first-order valence-corrected chi connectivity index (χ1v) is 13.0. The third-order valence-electron chi connectivity index (χ3n) is 7.21. The summed E-state index contributed by atoms with van der Waals surface area (Å²) in [6, 6.07) is 8.77. The monoisotopic (exact) mass is 467 g/mol. The summed E-state index contributed by atoms with van der Waals surface area (Å²) < 4.78 is 0. The van der Waals surface area contributed by atoms with Gasteiger partial charge in [0.25, 0.3) is 0 Å². The maximum Gasteiger partial charge on any atom is 0.231 e. The standard InChI is InChI=1S/C25H33N5O2S/c1-18-6-2-3-13-29(18)17-22-15-26-25(33-22)27-24(32)19-14-23(31)30(16-19)21-9-7-20(8-10-21)28-11-4-5-12-28/h7-10,15,18-19H,2-6,11-14,16-17H2,1H3,(H,26,27,32). The number of aromatic nitrogens is 1. The van der Waals surface area contributed by atoms with E-state index in [0.29, 0.717) is 17.7 Å². The number of benzene rings is 1. The van der Waals surface area contributed by atoms with Gasteiger partial charge >= 0.3 is 0 Å². The van der Waals surface area contributed by atoms with Crippen LogP contribution < -0.4 is 15.1 Å². The second kappa shape index (κ2) is 9.81. The molecule has 1 N–H and O–H groups in total. The number of thiazole rings is 1. The van der Waals surface area contributed by atoms with E-state index in [9.17, 15) is 9.59 Å². The molecule has 33 heavy (non-hydrogen) atoms. The second-order valence-corrected chi connectivity index (χ2v) is 10.7. The topological polar surface area (TPSA) is 68.8 Å². The van der Waals surface area contributed by atoms with Gasteiger partial charge in [-0.3, -0.25) is 14.5 Å². The molecule has 2 amide bonds. The van der Waals surface area contributed by atoms with Crippen LogP contribution in [0.4, 0.5) is 16.5 Å². The first-order chi connectivity index (χ1) is 16.1. The van der Waals surface area contributed by atoms with Gasteiger partial charge in [-0.15, -0.1) is 11.3 Å².